The maximum Gasteiger partial charge on any atom is 0.185 e. The number of hydrogen-bond acceptors (Lipinski definition) is 3. The summed E-state index contributed by atoms with van der Waals surface area (Å²) in [7, 11) is 0. The van der Waals surface area contributed by atoms with Gasteiger partial charge in [0.15, 0.2) is 12.0 Å². The van der Waals surface area contributed by atoms with E-state index >= 15 is 0 Å². The highest BCUT2D eigenvalue weighted by Crippen LogP contribution is 2.20. The van der Waals surface area contributed by atoms with E-state index in [0.717, 1.165) is 0 Å². The van der Waals surface area contributed by atoms with Gasteiger partial charge in [0.1, 0.15) is 23.9 Å². The van der Waals surface area contributed by atoms with Crippen molar-refractivity contribution < 1.29 is 18.3 Å². The Labute approximate surface area is 97.8 Å². The molecule has 2 aromatic rings. The molecule has 1 heterocycles. The molecule has 17 heavy (non-hydrogen) atoms. The first-order valence-electron chi connectivity index (χ1n) is 5.12. The van der Waals surface area contributed by atoms with Gasteiger partial charge in [-0.2, -0.15) is 0 Å². The standard InChI is InChI=1S/C13H11FO3/c1-9-6-10(14)2-5-13(9)16-8-12-4-3-11(7-15)17-12/h2-7H,8H2,1H3. The third-order valence-electron chi connectivity index (χ3n) is 2.31. The van der Waals surface area contributed by atoms with Gasteiger partial charge in [0.2, 0.25) is 0 Å². The topological polar surface area (TPSA) is 39.4 Å². The fourth-order valence-corrected chi connectivity index (χ4v) is 1.46. The van der Waals surface area contributed by atoms with Crippen molar-refractivity contribution in [2.75, 3.05) is 0 Å². The van der Waals surface area contributed by atoms with E-state index in [4.69, 9.17) is 9.15 Å². The maximum atomic E-state index is 12.8. The van der Waals surface area contributed by atoms with Crippen LogP contribution in [0.25, 0.3) is 0 Å². The zero-order chi connectivity index (χ0) is 12.3. The molecule has 1 aromatic heterocycles. The van der Waals surface area contributed by atoms with Crippen LogP contribution in [0.1, 0.15) is 21.9 Å². The average Bonchev–Trinajstić information content (AvgIpc) is 2.76. The number of carbonyl (C=O) groups is 1. The minimum atomic E-state index is -0.295. The molecule has 2 rings (SSSR count). The molecule has 0 aliphatic rings. The number of ether oxygens (including phenoxy) is 1. The van der Waals surface area contributed by atoms with Crippen LogP contribution in [0, 0.1) is 12.7 Å². The molecular weight excluding hydrogens is 223 g/mol. The van der Waals surface area contributed by atoms with Crippen molar-refractivity contribution in [1.29, 1.82) is 0 Å². The van der Waals surface area contributed by atoms with Crippen LogP contribution in [0.5, 0.6) is 5.75 Å². The highest BCUT2D eigenvalue weighted by atomic mass is 19.1. The lowest BCUT2D eigenvalue weighted by molar-refractivity contribution is 0.109. The largest absolute Gasteiger partial charge is 0.485 e. The lowest BCUT2D eigenvalue weighted by Gasteiger charge is -2.07. The van der Waals surface area contributed by atoms with E-state index < -0.39 is 0 Å². The maximum absolute atomic E-state index is 12.8. The van der Waals surface area contributed by atoms with Gasteiger partial charge in [0.25, 0.3) is 0 Å². The predicted molar refractivity (Wildman–Crippen MR) is 59.6 cm³/mol. The van der Waals surface area contributed by atoms with E-state index in [2.05, 4.69) is 0 Å². The van der Waals surface area contributed by atoms with Gasteiger partial charge in [-0.3, -0.25) is 4.79 Å². The summed E-state index contributed by atoms with van der Waals surface area (Å²) in [6.45, 7) is 1.97. The van der Waals surface area contributed by atoms with Gasteiger partial charge in [-0.05, 0) is 42.8 Å². The smallest absolute Gasteiger partial charge is 0.185 e. The summed E-state index contributed by atoms with van der Waals surface area (Å²) in [5.41, 5.74) is 0.715. The number of furan rings is 1. The van der Waals surface area contributed by atoms with Gasteiger partial charge < -0.3 is 9.15 Å². The van der Waals surface area contributed by atoms with Gasteiger partial charge in [-0.15, -0.1) is 0 Å². The molecule has 0 unspecified atom stereocenters. The van der Waals surface area contributed by atoms with E-state index in [1.165, 1.54) is 12.1 Å². The average molecular weight is 234 g/mol. The van der Waals surface area contributed by atoms with Gasteiger partial charge in [0.05, 0.1) is 0 Å². The second-order valence-corrected chi connectivity index (χ2v) is 3.62. The Morgan fingerprint density at radius 3 is 2.82 bits per heavy atom. The summed E-state index contributed by atoms with van der Waals surface area (Å²) < 4.78 is 23.5. The van der Waals surface area contributed by atoms with Crippen LogP contribution < -0.4 is 4.74 Å². The SMILES string of the molecule is Cc1cc(F)ccc1OCc1ccc(C=O)o1. The lowest BCUT2D eigenvalue weighted by atomic mass is 10.2. The Morgan fingerprint density at radius 1 is 1.35 bits per heavy atom. The van der Waals surface area contributed by atoms with Crippen LogP contribution in [0.2, 0.25) is 0 Å². The van der Waals surface area contributed by atoms with Crippen molar-refractivity contribution in [3.05, 3.63) is 53.2 Å². The first-order valence-corrected chi connectivity index (χ1v) is 5.12. The minimum Gasteiger partial charge on any atom is -0.485 e. The fraction of sp³-hybridized carbons (Fsp3) is 0.154. The molecule has 0 fully saturated rings. The molecule has 0 bridgehead atoms. The number of hydrogen-bond donors (Lipinski definition) is 0. The molecule has 0 N–H and O–H groups in total. The summed E-state index contributed by atoms with van der Waals surface area (Å²) in [5.74, 6) is 1.11. The molecule has 88 valence electrons. The summed E-state index contributed by atoms with van der Waals surface area (Å²) in [5, 5.41) is 0. The van der Waals surface area contributed by atoms with Crippen LogP contribution in [0.3, 0.4) is 0 Å². The Kier molecular flexibility index (Phi) is 3.23. The second kappa shape index (κ2) is 4.82. The quantitative estimate of drug-likeness (QED) is 0.763. The lowest BCUT2D eigenvalue weighted by Crippen LogP contribution is -1.96. The first kappa shape index (κ1) is 11.4. The van der Waals surface area contributed by atoms with E-state index in [-0.39, 0.29) is 18.2 Å². The highest BCUT2D eigenvalue weighted by Gasteiger charge is 2.04. The molecule has 0 amide bonds. The van der Waals surface area contributed by atoms with E-state index in [1.807, 2.05) is 0 Å². The molecule has 0 radical (unpaired) electrons. The van der Waals surface area contributed by atoms with Crippen LogP contribution >= 0.6 is 0 Å². The normalized spacial score (nSPS) is 10.2. The van der Waals surface area contributed by atoms with Gasteiger partial charge in [-0.1, -0.05) is 0 Å². The molecule has 4 heteroatoms. The zero-order valence-corrected chi connectivity index (χ0v) is 9.27. The molecule has 0 aliphatic heterocycles. The number of halogens is 1. The van der Waals surface area contributed by atoms with Crippen molar-refractivity contribution in [1.82, 2.24) is 0 Å². The molecular formula is C13H11FO3. The van der Waals surface area contributed by atoms with Crippen molar-refractivity contribution in [2.45, 2.75) is 13.5 Å². The monoisotopic (exact) mass is 234 g/mol. The van der Waals surface area contributed by atoms with E-state index in [1.54, 1.807) is 25.1 Å². The second-order valence-electron chi connectivity index (χ2n) is 3.62. The van der Waals surface area contributed by atoms with Crippen LogP contribution in [-0.4, -0.2) is 6.29 Å². The summed E-state index contributed by atoms with van der Waals surface area (Å²) in [6.07, 6.45) is 0.632. The number of rotatable bonds is 4. The van der Waals surface area contributed by atoms with Crippen molar-refractivity contribution in [3.8, 4) is 5.75 Å². The number of aryl methyl sites for hydroxylation is 1. The number of benzene rings is 1. The molecule has 0 atom stereocenters. The highest BCUT2D eigenvalue weighted by molar-refractivity contribution is 5.70. The van der Waals surface area contributed by atoms with Gasteiger partial charge in [-0.25, -0.2) is 4.39 Å². The summed E-state index contributed by atoms with van der Waals surface area (Å²) in [4.78, 5) is 10.4. The summed E-state index contributed by atoms with van der Waals surface area (Å²) in [6, 6.07) is 7.54. The molecule has 0 saturated heterocycles. The Bertz CT molecular complexity index is 531. The Hall–Kier alpha value is -2.10. The van der Waals surface area contributed by atoms with Crippen LogP contribution in [0.15, 0.2) is 34.7 Å². The van der Waals surface area contributed by atoms with E-state index in [0.29, 0.717) is 23.4 Å². The first-order chi connectivity index (χ1) is 8.19. The van der Waals surface area contributed by atoms with Crippen LogP contribution in [0.4, 0.5) is 4.39 Å². The van der Waals surface area contributed by atoms with Gasteiger partial charge >= 0.3 is 0 Å². The molecule has 0 saturated carbocycles. The zero-order valence-electron chi connectivity index (χ0n) is 9.27. The predicted octanol–water partition coefficient (Wildman–Crippen LogP) is 3.12. The van der Waals surface area contributed by atoms with Crippen LogP contribution in [-0.2, 0) is 6.61 Å². The minimum absolute atomic E-state index is 0.209. The molecule has 1 aromatic carbocycles. The fourth-order valence-electron chi connectivity index (χ4n) is 1.46. The molecule has 0 spiro atoms. The van der Waals surface area contributed by atoms with Gasteiger partial charge in [0, 0.05) is 0 Å². The Balaban J connectivity index is 2.04. The number of carbonyl (C=O) groups excluding carboxylic acids is 1. The van der Waals surface area contributed by atoms with Crippen molar-refractivity contribution in [3.63, 3.8) is 0 Å². The molecule has 3 nitrogen and oxygen atoms in total. The third-order valence-corrected chi connectivity index (χ3v) is 2.31. The molecule has 0 aliphatic carbocycles. The number of aldehydes is 1. The Morgan fingerprint density at radius 2 is 2.18 bits per heavy atom. The van der Waals surface area contributed by atoms with Crippen molar-refractivity contribution >= 4 is 6.29 Å². The summed E-state index contributed by atoms with van der Waals surface area (Å²) >= 11 is 0. The van der Waals surface area contributed by atoms with E-state index in [9.17, 15) is 9.18 Å². The third kappa shape index (κ3) is 2.72. The van der Waals surface area contributed by atoms with Crippen molar-refractivity contribution in [2.24, 2.45) is 0 Å².